The van der Waals surface area contributed by atoms with Crippen LogP contribution in [-0.2, 0) is 58.3 Å². The molecular weight excluding hydrogens is 1080 g/mol. The number of nitrogens with zero attached hydrogens (tertiary/aromatic N) is 5. The fourth-order valence-electron chi connectivity index (χ4n) is 7.67. The van der Waals surface area contributed by atoms with Gasteiger partial charge < -0.3 is 40.8 Å². The third-order valence-electron chi connectivity index (χ3n) is 12.7. The topological polar surface area (TPSA) is 78.9 Å². The Morgan fingerprint density at radius 3 is 0.880 bits per heavy atom. The maximum Gasteiger partial charge on any atom is 4.00 e. The molecule has 0 aliphatic heterocycles. The second-order valence-electron chi connectivity index (χ2n) is 25.8. The molecule has 6 nitrogen and oxygen atoms in total. The fourth-order valence-corrected chi connectivity index (χ4v) is 7.67. The minimum absolute atomic E-state index is 0. The molecule has 3 aromatic heterocycles. The number of rotatable bonds is 12. The molecule has 406 valence electrons. The zero-order valence-corrected chi connectivity index (χ0v) is 55.0. The Bertz CT molecular complexity index is 2270. The molecule has 0 aliphatic rings. The van der Waals surface area contributed by atoms with Gasteiger partial charge in [-0.25, -0.2) is 4.98 Å². The first kappa shape index (κ1) is 68.4. The summed E-state index contributed by atoms with van der Waals surface area (Å²) in [5, 5.41) is 12.5. The molecule has 0 saturated carbocycles. The van der Waals surface area contributed by atoms with Gasteiger partial charge in [0.05, 0.1) is 5.69 Å². The van der Waals surface area contributed by atoms with Crippen LogP contribution in [-0.4, -0.2) is 34.6 Å². The van der Waals surface area contributed by atoms with Crippen molar-refractivity contribution in [2.75, 3.05) is 25.0 Å². The van der Waals surface area contributed by atoms with Gasteiger partial charge in [-0.2, -0.15) is 0 Å². The van der Waals surface area contributed by atoms with Gasteiger partial charge in [0, 0.05) is 12.1 Å². The summed E-state index contributed by atoms with van der Waals surface area (Å²) >= 11 is 0. The molecule has 0 fully saturated rings. The second-order valence-corrected chi connectivity index (χ2v) is 25.8. The van der Waals surface area contributed by atoms with Crippen molar-refractivity contribution < 1.29 is 25.8 Å². The van der Waals surface area contributed by atoms with E-state index >= 15 is 0 Å². The van der Waals surface area contributed by atoms with Gasteiger partial charge in [-0.15, -0.1) is 0 Å². The van der Waals surface area contributed by atoms with Gasteiger partial charge in [-0.05, 0) is 119 Å². The number of aromatic nitrogens is 3. The third-order valence-corrected chi connectivity index (χ3v) is 12.7. The molecule has 7 heteroatoms. The summed E-state index contributed by atoms with van der Waals surface area (Å²) in [7, 11) is 0. The average molecular weight is 1180 g/mol. The van der Waals surface area contributed by atoms with E-state index in [1.807, 2.05) is 18.2 Å². The van der Waals surface area contributed by atoms with E-state index in [2.05, 4.69) is 252 Å². The van der Waals surface area contributed by atoms with Crippen molar-refractivity contribution in [2.24, 2.45) is 0 Å². The van der Waals surface area contributed by atoms with Crippen molar-refractivity contribution in [2.45, 2.75) is 197 Å². The van der Waals surface area contributed by atoms with E-state index < -0.39 is 0 Å². The van der Waals surface area contributed by atoms with E-state index in [1.165, 1.54) is 50.1 Å². The minimum Gasteiger partial charge on any atom is -0.466 e. The fraction of sp³-hybridized carbons (Fsp3) is 0.485. The molecule has 1 N–H and O–H groups in total. The number of hydrogen-bond acceptors (Lipinski definition) is 4. The minimum atomic E-state index is 0. The smallest absolute Gasteiger partial charge is 0.466 e. The normalized spacial score (nSPS) is 11.8. The summed E-state index contributed by atoms with van der Waals surface area (Å²) in [6, 6.07) is 39.2. The van der Waals surface area contributed by atoms with Crippen molar-refractivity contribution in [1.82, 2.24) is 15.0 Å². The zero-order chi connectivity index (χ0) is 53.9. The van der Waals surface area contributed by atoms with Crippen LogP contribution in [0.3, 0.4) is 0 Å². The van der Waals surface area contributed by atoms with Crippen molar-refractivity contribution in [3.8, 4) is 33.8 Å². The Morgan fingerprint density at radius 1 is 0.360 bits per heavy atom. The molecule has 0 spiro atoms. The van der Waals surface area contributed by atoms with Crippen LogP contribution >= 0.6 is 0 Å². The van der Waals surface area contributed by atoms with Gasteiger partial charge >= 0.3 is 25.8 Å². The monoisotopic (exact) mass is 1180 g/mol. The Balaban J connectivity index is 0.000000551. The molecule has 75 heavy (non-hydrogen) atoms. The van der Waals surface area contributed by atoms with Crippen LogP contribution < -0.4 is 5.32 Å². The summed E-state index contributed by atoms with van der Waals surface area (Å²) in [6.07, 6.45) is 3.18. The van der Waals surface area contributed by atoms with Gasteiger partial charge in [0.25, 0.3) is 0 Å². The average Bonchev–Trinajstić information content (AvgIpc) is 3.30. The summed E-state index contributed by atoms with van der Waals surface area (Å²) in [5.74, 6) is 2.61. The molecular formula is C68H100HfN6. The number of hydrogen-bond donors (Lipinski definition) is 1. The van der Waals surface area contributed by atoms with Crippen LogP contribution in [0.1, 0.15) is 198 Å². The Hall–Kier alpha value is -4.62. The van der Waals surface area contributed by atoms with E-state index in [1.54, 1.807) is 0 Å². The molecule has 0 bridgehead atoms. The molecule has 0 aliphatic carbocycles. The Kier molecular flexibility index (Phi) is 26.1. The molecule has 0 saturated heterocycles. The zero-order valence-electron chi connectivity index (χ0n) is 51.4. The first-order chi connectivity index (χ1) is 33.3. The first-order valence-electron chi connectivity index (χ1n) is 26.8. The number of anilines is 1. The van der Waals surface area contributed by atoms with Crippen LogP contribution in [0.2, 0.25) is 0 Å². The summed E-state index contributed by atoms with van der Waals surface area (Å²) < 4.78 is 0. The van der Waals surface area contributed by atoms with Crippen LogP contribution in [0.5, 0.6) is 0 Å². The van der Waals surface area contributed by atoms with E-state index in [4.69, 9.17) is 15.0 Å². The molecule has 0 amide bonds. The second kappa shape index (κ2) is 28.7. The molecule has 6 rings (SSSR count). The van der Waals surface area contributed by atoms with Crippen molar-refractivity contribution in [1.29, 1.82) is 0 Å². The quantitative estimate of drug-likeness (QED) is 0.0978. The summed E-state index contributed by atoms with van der Waals surface area (Å²) in [5.41, 5.74) is 15.4. The molecule has 3 heterocycles. The molecule has 0 unspecified atom stereocenters. The first-order valence-corrected chi connectivity index (χ1v) is 26.8. The van der Waals surface area contributed by atoms with E-state index in [0.29, 0.717) is 0 Å². The predicted molar refractivity (Wildman–Crippen MR) is 329 cm³/mol. The van der Waals surface area contributed by atoms with Crippen LogP contribution in [0.25, 0.3) is 44.4 Å². The SMILES string of the molecule is CCCNc1cccc(-c2cc(C(C)(C)C)cc(C(C)(C)C)c2)n1.CCC[N-]c1cccc(-c2cc(C(C)(C)C)cc(C(C)(C)C)c2)n1.CCC[N-]c1cccc(-c2cc(C(C)(C)C)cc(C(C)(C)C)c2)n1.[CH3-].[CH3-].[Hf+4]. The van der Waals surface area contributed by atoms with Gasteiger partial charge in [0.15, 0.2) is 0 Å². The predicted octanol–water partition coefficient (Wildman–Crippen LogP) is 20.6. The van der Waals surface area contributed by atoms with E-state index in [0.717, 1.165) is 73.4 Å². The Morgan fingerprint density at radius 2 is 0.627 bits per heavy atom. The molecule has 6 aromatic rings. The Labute approximate surface area is 479 Å². The van der Waals surface area contributed by atoms with Crippen molar-refractivity contribution >= 4 is 17.5 Å². The largest absolute Gasteiger partial charge is 4.00 e. The van der Waals surface area contributed by atoms with E-state index in [-0.39, 0.29) is 73.2 Å². The van der Waals surface area contributed by atoms with Crippen LogP contribution in [0.15, 0.2) is 109 Å². The molecule has 0 radical (unpaired) electrons. The molecule has 3 aromatic carbocycles. The molecule has 0 atom stereocenters. The third kappa shape index (κ3) is 21.4. The van der Waals surface area contributed by atoms with Crippen molar-refractivity contribution in [3.63, 3.8) is 0 Å². The van der Waals surface area contributed by atoms with Gasteiger partial charge in [-0.3, -0.25) is 0 Å². The standard InChI is InChI=1S/C22H32N2.2C22H31N2.2CH3.Hf/c3*1-8-12-23-20-11-9-10-19(24-20)16-13-17(21(2,3)4)15-18(14-16)22(5,6)7;;;/h9-11,13-15H,8,12H2,1-7H3,(H,23,24);2*9-11,13-15H,8,12H2,1-7H3;2*1H3;/q;4*-1;+4. The number of benzene rings is 3. The number of pyridine rings is 3. The maximum atomic E-state index is 4.82. The maximum absolute atomic E-state index is 4.82. The van der Waals surface area contributed by atoms with E-state index in [9.17, 15) is 0 Å². The van der Waals surface area contributed by atoms with Crippen LogP contribution in [0.4, 0.5) is 17.5 Å². The van der Waals surface area contributed by atoms with Gasteiger partial charge in [0.2, 0.25) is 0 Å². The summed E-state index contributed by atoms with van der Waals surface area (Å²) in [4.78, 5) is 14.3. The van der Waals surface area contributed by atoms with Gasteiger partial charge in [0.1, 0.15) is 5.82 Å². The van der Waals surface area contributed by atoms with Gasteiger partial charge in [-0.1, -0.05) is 268 Å². The van der Waals surface area contributed by atoms with Crippen LogP contribution in [0, 0.1) is 14.9 Å². The summed E-state index contributed by atoms with van der Waals surface area (Å²) in [6.45, 7) is 49.8. The van der Waals surface area contributed by atoms with Crippen molar-refractivity contribution in [3.05, 3.63) is 168 Å². The number of nitrogens with one attached hydrogen (secondary N) is 1.